The highest BCUT2D eigenvalue weighted by Gasteiger charge is 2.09. The maximum atomic E-state index is 4.49. The third kappa shape index (κ3) is 7.46. The van der Waals surface area contributed by atoms with E-state index in [9.17, 15) is 0 Å². The van der Waals surface area contributed by atoms with E-state index in [0.29, 0.717) is 0 Å². The summed E-state index contributed by atoms with van der Waals surface area (Å²) in [5, 5.41) is 3.61. The van der Waals surface area contributed by atoms with Gasteiger partial charge in [0.15, 0.2) is 0 Å². The Hall–Kier alpha value is -4.62. The zero-order chi connectivity index (χ0) is 27.5. The molecule has 1 N–H and O–H groups in total. The largest absolute Gasteiger partial charge is 0.355 e. The Kier molecular flexibility index (Phi) is 9.69. The highest BCUT2D eigenvalue weighted by Crippen LogP contribution is 2.31. The van der Waals surface area contributed by atoms with Gasteiger partial charge in [-0.15, -0.1) is 0 Å². The molecular formula is C38H37N. The number of benzene rings is 4. The highest BCUT2D eigenvalue weighted by atomic mass is 14.9. The molecule has 0 amide bonds. The maximum Gasteiger partial charge on any atom is 0.0463 e. The summed E-state index contributed by atoms with van der Waals surface area (Å²) in [4.78, 5) is 0. The Morgan fingerprint density at radius 3 is 2.03 bits per heavy atom. The SMILES string of the molecule is C=C/C=C(\C=C(/C)c1ccccc1)C(=C/C(=C)c1ccccc1Nc1ccc(-c2ccccc2)cc1)/CCC. The van der Waals surface area contributed by atoms with Crippen LogP contribution in [0.25, 0.3) is 22.3 Å². The Labute approximate surface area is 234 Å². The summed E-state index contributed by atoms with van der Waals surface area (Å²) in [5.41, 5.74) is 11.4. The van der Waals surface area contributed by atoms with Crippen molar-refractivity contribution in [1.29, 1.82) is 0 Å². The van der Waals surface area contributed by atoms with Crippen molar-refractivity contribution in [3.05, 3.63) is 169 Å². The molecule has 0 aliphatic rings. The van der Waals surface area contributed by atoms with E-state index >= 15 is 0 Å². The van der Waals surface area contributed by atoms with Crippen LogP contribution in [0.15, 0.2) is 158 Å². The predicted molar refractivity (Wildman–Crippen MR) is 172 cm³/mol. The Morgan fingerprint density at radius 2 is 1.36 bits per heavy atom. The molecule has 4 aromatic rings. The van der Waals surface area contributed by atoms with Crippen LogP contribution in [-0.2, 0) is 0 Å². The van der Waals surface area contributed by atoms with Gasteiger partial charge in [-0.25, -0.2) is 0 Å². The molecule has 0 aliphatic carbocycles. The van der Waals surface area contributed by atoms with E-state index in [4.69, 9.17) is 0 Å². The molecule has 0 atom stereocenters. The van der Waals surface area contributed by atoms with Crippen molar-refractivity contribution in [2.75, 3.05) is 5.32 Å². The van der Waals surface area contributed by atoms with Gasteiger partial charge < -0.3 is 5.32 Å². The summed E-state index contributed by atoms with van der Waals surface area (Å²) >= 11 is 0. The zero-order valence-corrected chi connectivity index (χ0v) is 23.0. The van der Waals surface area contributed by atoms with Crippen LogP contribution in [0.5, 0.6) is 0 Å². The molecule has 0 saturated heterocycles. The van der Waals surface area contributed by atoms with Crippen molar-refractivity contribution in [2.24, 2.45) is 0 Å². The number of hydrogen-bond donors (Lipinski definition) is 1. The number of nitrogens with one attached hydrogen (secondary N) is 1. The summed E-state index contributed by atoms with van der Waals surface area (Å²) in [6.07, 6.45) is 10.4. The third-order valence-electron chi connectivity index (χ3n) is 6.68. The van der Waals surface area contributed by atoms with Gasteiger partial charge in [0.25, 0.3) is 0 Å². The molecule has 0 radical (unpaired) electrons. The van der Waals surface area contributed by atoms with E-state index < -0.39 is 0 Å². The number of rotatable bonds is 11. The Balaban J connectivity index is 1.61. The average Bonchev–Trinajstić information content (AvgIpc) is 2.98. The topological polar surface area (TPSA) is 12.0 Å². The second kappa shape index (κ2) is 13.8. The molecule has 0 bridgehead atoms. The Bertz CT molecular complexity index is 1480. The number of allylic oxidation sites excluding steroid dienone is 8. The highest BCUT2D eigenvalue weighted by molar-refractivity contribution is 5.84. The fraction of sp³-hybridized carbons (Fsp3) is 0.105. The lowest BCUT2D eigenvalue weighted by Gasteiger charge is -2.15. The van der Waals surface area contributed by atoms with Gasteiger partial charge in [0.1, 0.15) is 0 Å². The van der Waals surface area contributed by atoms with Gasteiger partial charge in [-0.1, -0.05) is 142 Å². The van der Waals surface area contributed by atoms with E-state index in [2.05, 4.69) is 148 Å². The molecule has 1 heteroatoms. The molecule has 0 heterocycles. The lowest BCUT2D eigenvalue weighted by molar-refractivity contribution is 0.918. The summed E-state index contributed by atoms with van der Waals surface area (Å²) in [6, 6.07) is 37.9. The van der Waals surface area contributed by atoms with Crippen LogP contribution >= 0.6 is 0 Å². The monoisotopic (exact) mass is 507 g/mol. The number of hydrogen-bond acceptors (Lipinski definition) is 1. The van der Waals surface area contributed by atoms with Crippen LogP contribution in [0.3, 0.4) is 0 Å². The molecule has 0 spiro atoms. The fourth-order valence-corrected chi connectivity index (χ4v) is 4.65. The molecule has 194 valence electrons. The van der Waals surface area contributed by atoms with E-state index in [0.717, 1.165) is 40.9 Å². The van der Waals surface area contributed by atoms with Gasteiger partial charge in [0.2, 0.25) is 0 Å². The minimum absolute atomic E-state index is 0.952. The normalized spacial score (nSPS) is 12.2. The third-order valence-corrected chi connectivity index (χ3v) is 6.68. The van der Waals surface area contributed by atoms with Crippen LogP contribution in [0.2, 0.25) is 0 Å². The van der Waals surface area contributed by atoms with Crippen molar-refractivity contribution >= 4 is 22.5 Å². The molecule has 0 aliphatic heterocycles. The van der Waals surface area contributed by atoms with Crippen LogP contribution < -0.4 is 5.32 Å². The van der Waals surface area contributed by atoms with Gasteiger partial charge in [-0.3, -0.25) is 0 Å². The molecule has 0 saturated carbocycles. The van der Waals surface area contributed by atoms with Crippen molar-refractivity contribution in [2.45, 2.75) is 26.7 Å². The fourth-order valence-electron chi connectivity index (χ4n) is 4.65. The van der Waals surface area contributed by atoms with Crippen molar-refractivity contribution in [3.8, 4) is 11.1 Å². The van der Waals surface area contributed by atoms with E-state index in [1.54, 1.807) is 0 Å². The van der Waals surface area contributed by atoms with Crippen molar-refractivity contribution in [1.82, 2.24) is 0 Å². The predicted octanol–water partition coefficient (Wildman–Crippen LogP) is 11.1. The first kappa shape index (κ1) is 27.4. The van der Waals surface area contributed by atoms with Gasteiger partial charge in [0.05, 0.1) is 0 Å². The lowest BCUT2D eigenvalue weighted by Crippen LogP contribution is -1.96. The molecule has 4 aromatic carbocycles. The van der Waals surface area contributed by atoms with Crippen LogP contribution in [0.4, 0.5) is 11.4 Å². The maximum absolute atomic E-state index is 4.49. The van der Waals surface area contributed by atoms with Crippen molar-refractivity contribution < 1.29 is 0 Å². The molecule has 1 nitrogen and oxygen atoms in total. The average molecular weight is 508 g/mol. The van der Waals surface area contributed by atoms with Gasteiger partial charge in [0, 0.05) is 16.9 Å². The minimum Gasteiger partial charge on any atom is -0.355 e. The quantitative estimate of drug-likeness (QED) is 0.199. The second-order valence-electron chi connectivity index (χ2n) is 9.61. The van der Waals surface area contributed by atoms with E-state index in [1.807, 2.05) is 18.2 Å². The van der Waals surface area contributed by atoms with Crippen LogP contribution in [0, 0.1) is 0 Å². The summed E-state index contributed by atoms with van der Waals surface area (Å²) in [6.45, 7) is 12.8. The van der Waals surface area contributed by atoms with Crippen molar-refractivity contribution in [3.63, 3.8) is 0 Å². The first-order valence-corrected chi connectivity index (χ1v) is 13.6. The van der Waals surface area contributed by atoms with Gasteiger partial charge >= 0.3 is 0 Å². The first-order valence-electron chi connectivity index (χ1n) is 13.6. The molecule has 0 fully saturated rings. The molecule has 0 aromatic heterocycles. The summed E-state index contributed by atoms with van der Waals surface area (Å²) in [5.74, 6) is 0. The van der Waals surface area contributed by atoms with Crippen LogP contribution in [0.1, 0.15) is 37.8 Å². The minimum atomic E-state index is 0.952. The van der Waals surface area contributed by atoms with E-state index in [-0.39, 0.29) is 0 Å². The number of para-hydroxylation sites is 1. The summed E-state index contributed by atoms with van der Waals surface area (Å²) < 4.78 is 0. The van der Waals surface area contributed by atoms with Gasteiger partial charge in [-0.2, -0.15) is 0 Å². The smallest absolute Gasteiger partial charge is 0.0463 e. The van der Waals surface area contributed by atoms with Gasteiger partial charge in [-0.05, 0) is 70.5 Å². The second-order valence-corrected chi connectivity index (χ2v) is 9.61. The first-order chi connectivity index (χ1) is 19.1. The van der Waals surface area contributed by atoms with E-state index in [1.165, 1.54) is 27.8 Å². The zero-order valence-electron chi connectivity index (χ0n) is 23.0. The summed E-state index contributed by atoms with van der Waals surface area (Å²) in [7, 11) is 0. The molecule has 0 unspecified atom stereocenters. The molecule has 39 heavy (non-hydrogen) atoms. The Morgan fingerprint density at radius 1 is 0.744 bits per heavy atom. The lowest BCUT2D eigenvalue weighted by atomic mass is 9.93. The molecule has 4 rings (SSSR count). The van der Waals surface area contributed by atoms with Crippen LogP contribution in [-0.4, -0.2) is 0 Å². The molecular weight excluding hydrogens is 470 g/mol. The number of anilines is 2. The standard InChI is InChI=1S/C38H37N/c1-5-15-34(27-29(3)31-17-9-7-10-18-31)35(16-6-2)28-30(4)37-21-13-14-22-38(37)39-36-25-23-33(24-26-36)32-19-11-8-12-20-32/h5,7-15,17-28,39H,1,4,6,16H2,2-3H3/b29-27+,34-15+,35-28+.